The van der Waals surface area contributed by atoms with Crippen molar-refractivity contribution in [3.8, 4) is 16.3 Å². The van der Waals surface area contributed by atoms with Crippen molar-refractivity contribution in [3.05, 3.63) is 64.7 Å². The molecule has 1 atom stereocenters. The van der Waals surface area contributed by atoms with Gasteiger partial charge >= 0.3 is 12.1 Å². The summed E-state index contributed by atoms with van der Waals surface area (Å²) in [7, 11) is 0. The number of carbonyl (C=O) groups is 1. The normalized spacial score (nSPS) is 12.5. The third-order valence-corrected chi connectivity index (χ3v) is 5.75. The number of benzene rings is 2. The minimum Gasteiger partial charge on any atom is -0.493 e. The number of nitrogens with two attached hydrogens (primary N) is 1. The summed E-state index contributed by atoms with van der Waals surface area (Å²) in [6.07, 6.45) is -2.70. The molecule has 0 aliphatic rings. The number of nitrogens with zero attached hydrogens (tertiary/aromatic N) is 2. The fourth-order valence-corrected chi connectivity index (χ4v) is 3.89. The first kappa shape index (κ1) is 23.7. The Balaban J connectivity index is 1.67. The number of aryl methyl sites for hydroxylation is 1. The van der Waals surface area contributed by atoms with E-state index in [9.17, 15) is 18.0 Å². The molecule has 0 aliphatic heterocycles. The molecule has 0 spiro atoms. The fraction of sp³-hybridized carbons (Fsp3) is 0.318. The van der Waals surface area contributed by atoms with Gasteiger partial charge in [-0.05, 0) is 43.0 Å². The Labute approximate surface area is 186 Å². The smallest absolute Gasteiger partial charge is 0.419 e. The number of alkyl halides is 3. The topological polar surface area (TPSA) is 98.3 Å². The molecule has 10 heteroatoms. The molecule has 0 saturated heterocycles. The van der Waals surface area contributed by atoms with Gasteiger partial charge in [-0.2, -0.15) is 13.2 Å². The third-order valence-electron chi connectivity index (χ3n) is 4.64. The Morgan fingerprint density at radius 3 is 2.56 bits per heavy atom. The summed E-state index contributed by atoms with van der Waals surface area (Å²) in [5, 5.41) is 17.0. The van der Waals surface area contributed by atoms with Crippen molar-refractivity contribution in [1.82, 2.24) is 10.2 Å². The van der Waals surface area contributed by atoms with Crippen LogP contribution >= 0.6 is 11.3 Å². The second-order valence-electron chi connectivity index (χ2n) is 7.15. The van der Waals surface area contributed by atoms with Crippen molar-refractivity contribution in [2.75, 3.05) is 6.61 Å². The number of halogens is 3. The van der Waals surface area contributed by atoms with Gasteiger partial charge in [0.1, 0.15) is 15.8 Å². The lowest BCUT2D eigenvalue weighted by Gasteiger charge is -2.15. The second kappa shape index (κ2) is 10.6. The molecule has 3 aromatic rings. The van der Waals surface area contributed by atoms with Crippen LogP contribution in [0.5, 0.6) is 5.75 Å². The molecule has 0 unspecified atom stereocenters. The van der Waals surface area contributed by atoms with E-state index in [0.29, 0.717) is 6.42 Å². The van der Waals surface area contributed by atoms with Crippen LogP contribution in [0.3, 0.4) is 0 Å². The maximum absolute atomic E-state index is 13.6. The number of aromatic nitrogens is 2. The molecule has 0 saturated carbocycles. The van der Waals surface area contributed by atoms with Crippen molar-refractivity contribution >= 4 is 17.3 Å². The van der Waals surface area contributed by atoms with E-state index in [4.69, 9.17) is 15.6 Å². The summed E-state index contributed by atoms with van der Waals surface area (Å²) in [6, 6.07) is 12.7. The van der Waals surface area contributed by atoms with Gasteiger partial charge in [0.15, 0.2) is 0 Å². The summed E-state index contributed by atoms with van der Waals surface area (Å²) in [5.74, 6) is -1.34. The molecule has 6 nitrogen and oxygen atoms in total. The summed E-state index contributed by atoms with van der Waals surface area (Å²) in [4.78, 5) is 10.8. The van der Waals surface area contributed by atoms with Crippen LogP contribution in [0.25, 0.3) is 10.6 Å². The first-order chi connectivity index (χ1) is 15.2. The van der Waals surface area contributed by atoms with Crippen LogP contribution in [0.2, 0.25) is 0 Å². The largest absolute Gasteiger partial charge is 0.493 e. The van der Waals surface area contributed by atoms with E-state index in [1.807, 2.05) is 30.3 Å². The van der Waals surface area contributed by atoms with Crippen molar-refractivity contribution in [2.24, 2.45) is 5.73 Å². The van der Waals surface area contributed by atoms with Crippen molar-refractivity contribution < 1.29 is 27.8 Å². The number of aliphatic carboxylic acids is 1. The summed E-state index contributed by atoms with van der Waals surface area (Å²) in [6.45, 7) is 0.169. The zero-order chi connectivity index (χ0) is 23.1. The molecule has 3 rings (SSSR count). The zero-order valence-electron chi connectivity index (χ0n) is 17.0. The monoisotopic (exact) mass is 465 g/mol. The van der Waals surface area contributed by atoms with Crippen LogP contribution in [0, 0.1) is 0 Å². The standard InChI is InChI=1S/C22H22F3N3O3S/c23-22(24,25)16-12-15(20-27-28-21(32-20)17(26)13-19(29)30)9-10-18(16)31-11-5-4-8-14-6-2-1-3-7-14/h1-3,6-7,9-10,12,17H,4-5,8,11,13,26H2,(H,29,30)/t17-/m0/s1. The van der Waals surface area contributed by atoms with Gasteiger partial charge in [-0.15, -0.1) is 10.2 Å². The lowest BCUT2D eigenvalue weighted by atomic mass is 10.1. The highest BCUT2D eigenvalue weighted by Gasteiger charge is 2.35. The van der Waals surface area contributed by atoms with Crippen LogP contribution in [0.1, 0.15) is 41.4 Å². The molecule has 1 heterocycles. The highest BCUT2D eigenvalue weighted by Crippen LogP contribution is 2.39. The van der Waals surface area contributed by atoms with Crippen LogP contribution in [-0.2, 0) is 17.4 Å². The Morgan fingerprint density at radius 1 is 1.12 bits per heavy atom. The van der Waals surface area contributed by atoms with Gasteiger partial charge in [-0.3, -0.25) is 4.79 Å². The summed E-state index contributed by atoms with van der Waals surface area (Å²) < 4.78 is 46.3. The number of unbranched alkanes of at least 4 members (excludes halogenated alkanes) is 1. The third kappa shape index (κ3) is 6.51. The zero-order valence-corrected chi connectivity index (χ0v) is 17.8. The van der Waals surface area contributed by atoms with Gasteiger partial charge in [0, 0.05) is 5.56 Å². The van der Waals surface area contributed by atoms with Gasteiger partial charge in [0.05, 0.1) is 24.6 Å². The summed E-state index contributed by atoms with van der Waals surface area (Å²) in [5.41, 5.74) is 6.24. The maximum atomic E-state index is 13.6. The van der Waals surface area contributed by atoms with Gasteiger partial charge in [-0.25, -0.2) is 0 Å². The van der Waals surface area contributed by atoms with E-state index < -0.39 is 23.8 Å². The predicted octanol–water partition coefficient (Wildman–Crippen LogP) is 5.10. The van der Waals surface area contributed by atoms with E-state index in [2.05, 4.69) is 10.2 Å². The van der Waals surface area contributed by atoms with Gasteiger partial charge in [0.2, 0.25) is 0 Å². The van der Waals surface area contributed by atoms with Gasteiger partial charge < -0.3 is 15.6 Å². The highest BCUT2D eigenvalue weighted by molar-refractivity contribution is 7.14. The maximum Gasteiger partial charge on any atom is 0.419 e. The molecule has 0 radical (unpaired) electrons. The predicted molar refractivity (Wildman–Crippen MR) is 114 cm³/mol. The molecule has 3 N–H and O–H groups in total. The van der Waals surface area contributed by atoms with Crippen molar-refractivity contribution in [1.29, 1.82) is 0 Å². The van der Waals surface area contributed by atoms with Crippen molar-refractivity contribution in [3.63, 3.8) is 0 Å². The average molecular weight is 465 g/mol. The Morgan fingerprint density at radius 2 is 1.88 bits per heavy atom. The number of hydrogen-bond donors (Lipinski definition) is 2. The van der Waals surface area contributed by atoms with Crippen molar-refractivity contribution in [2.45, 2.75) is 37.9 Å². The number of carboxylic acid groups (broad SMARTS) is 1. The molecular formula is C22H22F3N3O3S. The van der Waals surface area contributed by atoms with Gasteiger partial charge in [-0.1, -0.05) is 41.7 Å². The molecule has 1 aromatic heterocycles. The van der Waals surface area contributed by atoms with E-state index in [-0.39, 0.29) is 34.4 Å². The number of ether oxygens (including phenoxy) is 1. The average Bonchev–Trinajstić information content (AvgIpc) is 3.24. The number of rotatable bonds is 10. The minimum absolute atomic E-state index is 0.169. The molecule has 2 aromatic carbocycles. The second-order valence-corrected chi connectivity index (χ2v) is 8.16. The highest BCUT2D eigenvalue weighted by atomic mass is 32.1. The van der Waals surface area contributed by atoms with Crippen LogP contribution < -0.4 is 10.5 Å². The summed E-state index contributed by atoms with van der Waals surface area (Å²) >= 11 is 0.965. The fourth-order valence-electron chi connectivity index (χ4n) is 3.04. The SMILES string of the molecule is N[C@@H](CC(=O)O)c1nnc(-c2ccc(OCCCCc3ccccc3)c(C(F)(F)F)c2)s1. The Hall–Kier alpha value is -2.98. The van der Waals surface area contributed by atoms with E-state index >= 15 is 0 Å². The lowest BCUT2D eigenvalue weighted by Crippen LogP contribution is -2.14. The first-order valence-electron chi connectivity index (χ1n) is 9.93. The molecule has 0 aliphatic carbocycles. The Bertz CT molecular complexity index is 1040. The van der Waals surface area contributed by atoms with E-state index in [1.54, 1.807) is 0 Å². The Kier molecular flexibility index (Phi) is 7.81. The molecule has 32 heavy (non-hydrogen) atoms. The molecular weight excluding hydrogens is 443 g/mol. The van der Waals surface area contributed by atoms with E-state index in [1.165, 1.54) is 17.7 Å². The minimum atomic E-state index is -4.61. The molecule has 170 valence electrons. The first-order valence-corrected chi connectivity index (χ1v) is 10.7. The number of carboxylic acids is 1. The van der Waals surface area contributed by atoms with Crippen LogP contribution in [0.15, 0.2) is 48.5 Å². The van der Waals surface area contributed by atoms with Crippen LogP contribution in [0.4, 0.5) is 13.2 Å². The number of hydrogen-bond acceptors (Lipinski definition) is 6. The van der Waals surface area contributed by atoms with Crippen LogP contribution in [-0.4, -0.2) is 27.9 Å². The van der Waals surface area contributed by atoms with E-state index in [0.717, 1.165) is 30.2 Å². The molecule has 0 bridgehead atoms. The quantitative estimate of drug-likeness (QED) is 0.404. The van der Waals surface area contributed by atoms with Gasteiger partial charge in [0.25, 0.3) is 0 Å². The lowest BCUT2D eigenvalue weighted by molar-refractivity contribution is -0.139. The molecule has 0 amide bonds. The molecule has 0 fully saturated rings.